The molecule has 0 aliphatic carbocycles. The van der Waals surface area contributed by atoms with Gasteiger partial charge in [-0.2, -0.15) is 0 Å². The molecule has 0 radical (unpaired) electrons. The maximum absolute atomic E-state index is 14.9. The Labute approximate surface area is 237 Å². The number of benzene rings is 4. The van der Waals surface area contributed by atoms with Gasteiger partial charge in [-0.1, -0.05) is 72.3 Å². The van der Waals surface area contributed by atoms with Crippen molar-refractivity contribution in [3.05, 3.63) is 107 Å². The summed E-state index contributed by atoms with van der Waals surface area (Å²) in [7, 11) is -3.54. The van der Waals surface area contributed by atoms with E-state index in [0.717, 1.165) is 29.0 Å². The van der Waals surface area contributed by atoms with Crippen LogP contribution in [0.25, 0.3) is 22.3 Å². The van der Waals surface area contributed by atoms with Gasteiger partial charge < -0.3 is 16.0 Å². The molecule has 40 heavy (non-hydrogen) atoms. The van der Waals surface area contributed by atoms with Crippen LogP contribution in [0.2, 0.25) is 5.02 Å². The second-order valence-corrected chi connectivity index (χ2v) is 11.6. The number of nitrogens with two attached hydrogens (primary N) is 1. The molecule has 0 aromatic heterocycles. The molecule has 4 rings (SSSR count). The molecular weight excluding hydrogens is 553 g/mol. The molecule has 4 aromatic carbocycles. The standard InChI is InChI=1S/C30H27ClFN3O4S/c1-40(38,39)28-8-3-2-7-25(28)23-11-14-27(26(32)18-23)34-29(36)19-35(30(33)37)16-15-20-5-4-6-22(17-20)21-9-12-24(31)13-10-21/h2-14,17-18H,15-16,19H2,1H3,(H2,33,37)(H,34,36). The smallest absolute Gasteiger partial charge is 0.315 e. The van der Waals surface area contributed by atoms with Crippen LogP contribution in [0.5, 0.6) is 0 Å². The van der Waals surface area contributed by atoms with Crippen molar-refractivity contribution in [3.63, 3.8) is 0 Å². The molecule has 10 heteroatoms. The van der Waals surface area contributed by atoms with Gasteiger partial charge in [-0.05, 0) is 59.0 Å². The Morgan fingerprint density at radius 2 is 1.60 bits per heavy atom. The second-order valence-electron chi connectivity index (χ2n) is 9.23. The maximum Gasteiger partial charge on any atom is 0.315 e. The van der Waals surface area contributed by atoms with E-state index in [0.29, 0.717) is 22.6 Å². The van der Waals surface area contributed by atoms with Crippen LogP contribution in [0.1, 0.15) is 5.56 Å². The number of primary amides is 1. The lowest BCUT2D eigenvalue weighted by molar-refractivity contribution is -0.116. The Morgan fingerprint density at radius 3 is 2.27 bits per heavy atom. The topological polar surface area (TPSA) is 110 Å². The van der Waals surface area contributed by atoms with E-state index in [1.807, 2.05) is 48.5 Å². The highest BCUT2D eigenvalue weighted by atomic mass is 35.5. The summed E-state index contributed by atoms with van der Waals surface area (Å²) in [4.78, 5) is 26.0. The number of rotatable bonds is 9. The molecule has 7 nitrogen and oxygen atoms in total. The summed E-state index contributed by atoms with van der Waals surface area (Å²) in [6.07, 6.45) is 1.53. The van der Waals surface area contributed by atoms with Crippen LogP contribution in [0.4, 0.5) is 14.9 Å². The lowest BCUT2D eigenvalue weighted by atomic mass is 10.0. The number of urea groups is 1. The first-order chi connectivity index (χ1) is 19.0. The molecule has 0 atom stereocenters. The van der Waals surface area contributed by atoms with Crippen molar-refractivity contribution < 1.29 is 22.4 Å². The maximum atomic E-state index is 14.9. The monoisotopic (exact) mass is 579 g/mol. The number of carbonyl (C=O) groups is 2. The van der Waals surface area contributed by atoms with Crippen molar-refractivity contribution >= 4 is 39.1 Å². The lowest BCUT2D eigenvalue weighted by Gasteiger charge is -2.20. The Bertz CT molecular complexity index is 1660. The highest BCUT2D eigenvalue weighted by Crippen LogP contribution is 2.30. The summed E-state index contributed by atoms with van der Waals surface area (Å²) in [5, 5.41) is 3.10. The van der Waals surface area contributed by atoms with E-state index in [9.17, 15) is 22.4 Å². The van der Waals surface area contributed by atoms with Gasteiger partial charge in [0.1, 0.15) is 12.4 Å². The number of hydrogen-bond donors (Lipinski definition) is 2. The largest absolute Gasteiger partial charge is 0.351 e. The molecule has 3 N–H and O–H groups in total. The van der Waals surface area contributed by atoms with Crippen molar-refractivity contribution in [2.45, 2.75) is 11.3 Å². The van der Waals surface area contributed by atoms with Crippen molar-refractivity contribution in [1.82, 2.24) is 4.90 Å². The SMILES string of the molecule is CS(=O)(=O)c1ccccc1-c1ccc(NC(=O)CN(CCc2cccc(-c3ccc(Cl)cc3)c2)C(N)=O)c(F)c1. The molecule has 4 aromatic rings. The summed E-state index contributed by atoms with van der Waals surface area (Å²) in [5.41, 5.74) is 9.01. The fraction of sp³-hybridized carbons (Fsp3) is 0.133. The van der Waals surface area contributed by atoms with E-state index in [2.05, 4.69) is 5.32 Å². The van der Waals surface area contributed by atoms with E-state index in [-0.39, 0.29) is 23.7 Å². The fourth-order valence-electron chi connectivity index (χ4n) is 4.26. The molecular formula is C30H27ClFN3O4S. The van der Waals surface area contributed by atoms with E-state index in [1.54, 1.807) is 18.2 Å². The summed E-state index contributed by atoms with van der Waals surface area (Å²) in [6, 6.07) is 24.7. The molecule has 0 aliphatic heterocycles. The van der Waals surface area contributed by atoms with Crippen molar-refractivity contribution in [1.29, 1.82) is 0 Å². The third kappa shape index (κ3) is 7.25. The van der Waals surface area contributed by atoms with E-state index in [1.165, 1.54) is 23.1 Å². The normalized spacial score (nSPS) is 11.2. The van der Waals surface area contributed by atoms with E-state index >= 15 is 0 Å². The van der Waals surface area contributed by atoms with Crippen molar-refractivity contribution in [3.8, 4) is 22.3 Å². The minimum Gasteiger partial charge on any atom is -0.351 e. The highest BCUT2D eigenvalue weighted by Gasteiger charge is 2.18. The summed E-state index contributed by atoms with van der Waals surface area (Å²) >= 11 is 5.98. The van der Waals surface area contributed by atoms with Gasteiger partial charge in [0.05, 0.1) is 10.6 Å². The first-order valence-electron chi connectivity index (χ1n) is 12.3. The average Bonchev–Trinajstić information content (AvgIpc) is 2.92. The molecule has 0 heterocycles. The number of nitrogens with zero attached hydrogens (tertiary/aromatic N) is 1. The molecule has 0 spiro atoms. The minimum absolute atomic E-state index is 0.0713. The van der Waals surface area contributed by atoms with E-state index < -0.39 is 27.6 Å². The zero-order valence-corrected chi connectivity index (χ0v) is 23.2. The molecule has 0 saturated heterocycles. The Kier molecular flexibility index (Phi) is 8.86. The molecule has 0 unspecified atom stereocenters. The highest BCUT2D eigenvalue weighted by molar-refractivity contribution is 7.90. The third-order valence-electron chi connectivity index (χ3n) is 6.26. The predicted molar refractivity (Wildman–Crippen MR) is 155 cm³/mol. The fourth-order valence-corrected chi connectivity index (χ4v) is 5.29. The molecule has 0 aliphatic rings. The van der Waals surface area contributed by atoms with Crippen LogP contribution in [-0.4, -0.2) is 44.6 Å². The molecule has 206 valence electrons. The van der Waals surface area contributed by atoms with Crippen molar-refractivity contribution in [2.75, 3.05) is 24.7 Å². The number of nitrogens with one attached hydrogen (secondary N) is 1. The zero-order valence-electron chi connectivity index (χ0n) is 21.6. The number of amides is 3. The van der Waals surface area contributed by atoms with Crippen molar-refractivity contribution in [2.24, 2.45) is 5.73 Å². The van der Waals surface area contributed by atoms with Gasteiger partial charge in [0.25, 0.3) is 0 Å². The second kappa shape index (κ2) is 12.3. The van der Waals surface area contributed by atoms with Crippen LogP contribution in [-0.2, 0) is 21.1 Å². The number of anilines is 1. The third-order valence-corrected chi connectivity index (χ3v) is 7.67. The summed E-state index contributed by atoms with van der Waals surface area (Å²) in [5.74, 6) is -1.38. The van der Waals surface area contributed by atoms with E-state index in [4.69, 9.17) is 17.3 Å². The van der Waals surface area contributed by atoms with Crippen LogP contribution >= 0.6 is 11.6 Å². The molecule has 3 amide bonds. The van der Waals surface area contributed by atoms with Gasteiger partial charge in [-0.25, -0.2) is 17.6 Å². The molecule has 0 bridgehead atoms. The zero-order chi connectivity index (χ0) is 28.9. The lowest BCUT2D eigenvalue weighted by Crippen LogP contribution is -2.42. The van der Waals surface area contributed by atoms with Gasteiger partial charge in [-0.15, -0.1) is 0 Å². The van der Waals surface area contributed by atoms with Crippen LogP contribution in [0.3, 0.4) is 0 Å². The predicted octanol–water partition coefficient (Wildman–Crippen LogP) is 5.78. The first-order valence-corrected chi connectivity index (χ1v) is 14.6. The number of carbonyl (C=O) groups excluding carboxylic acids is 2. The average molecular weight is 580 g/mol. The minimum atomic E-state index is -3.54. The van der Waals surface area contributed by atoms with Crippen LogP contribution < -0.4 is 11.1 Å². The quantitative estimate of drug-likeness (QED) is 0.262. The van der Waals surface area contributed by atoms with Gasteiger partial charge in [0.2, 0.25) is 5.91 Å². The van der Waals surface area contributed by atoms with Crippen LogP contribution in [0.15, 0.2) is 95.9 Å². The van der Waals surface area contributed by atoms with Gasteiger partial charge in [0.15, 0.2) is 9.84 Å². The Hall–Kier alpha value is -4.21. The Morgan fingerprint density at radius 1 is 0.900 bits per heavy atom. The number of halogens is 2. The first kappa shape index (κ1) is 28.8. The van der Waals surface area contributed by atoms with Gasteiger partial charge in [0, 0.05) is 23.4 Å². The summed E-state index contributed by atoms with van der Waals surface area (Å²) in [6.45, 7) is -0.194. The van der Waals surface area contributed by atoms with Gasteiger partial charge >= 0.3 is 6.03 Å². The number of sulfone groups is 1. The molecule has 0 saturated carbocycles. The summed E-state index contributed by atoms with van der Waals surface area (Å²) < 4.78 is 39.2. The molecule has 0 fully saturated rings. The number of hydrogen-bond acceptors (Lipinski definition) is 4. The van der Waals surface area contributed by atoms with Gasteiger partial charge in [-0.3, -0.25) is 4.79 Å². The Balaban J connectivity index is 1.42. The van der Waals surface area contributed by atoms with Crippen LogP contribution in [0, 0.1) is 5.82 Å².